The Morgan fingerprint density at radius 3 is 2.77 bits per heavy atom. The molecule has 1 aliphatic rings. The molecule has 3 rings (SSSR count). The number of amides is 1. The van der Waals surface area contributed by atoms with Crippen molar-refractivity contribution >= 4 is 5.91 Å². The smallest absolute Gasteiger partial charge is 0.257 e. The SMILES string of the molecule is O=C(c1ccoc1)N1CCC(NC(CO)c2ccco2)CC1. The van der Waals surface area contributed by atoms with Gasteiger partial charge in [-0.05, 0) is 31.0 Å². The van der Waals surface area contributed by atoms with Gasteiger partial charge in [-0.1, -0.05) is 0 Å². The lowest BCUT2D eigenvalue weighted by atomic mass is 10.0. The molecule has 0 bridgehead atoms. The van der Waals surface area contributed by atoms with Crippen molar-refractivity contribution in [3.05, 3.63) is 48.3 Å². The van der Waals surface area contributed by atoms with Gasteiger partial charge in [-0.3, -0.25) is 4.79 Å². The summed E-state index contributed by atoms with van der Waals surface area (Å²) in [4.78, 5) is 14.1. The number of piperidine rings is 1. The summed E-state index contributed by atoms with van der Waals surface area (Å²) < 4.78 is 10.3. The van der Waals surface area contributed by atoms with Gasteiger partial charge in [0.1, 0.15) is 12.0 Å². The largest absolute Gasteiger partial charge is 0.472 e. The number of carbonyl (C=O) groups excluding carboxylic acids is 1. The van der Waals surface area contributed by atoms with Crippen LogP contribution in [0.15, 0.2) is 45.8 Å². The number of nitrogens with one attached hydrogen (secondary N) is 1. The maximum Gasteiger partial charge on any atom is 0.257 e. The monoisotopic (exact) mass is 304 g/mol. The average Bonchev–Trinajstić information content (AvgIpc) is 3.25. The van der Waals surface area contributed by atoms with Crippen LogP contribution < -0.4 is 5.32 Å². The van der Waals surface area contributed by atoms with E-state index in [2.05, 4.69) is 5.32 Å². The van der Waals surface area contributed by atoms with Crippen LogP contribution in [-0.2, 0) is 0 Å². The van der Waals surface area contributed by atoms with Gasteiger partial charge in [0.25, 0.3) is 5.91 Å². The second-order valence-electron chi connectivity index (χ2n) is 5.50. The minimum absolute atomic E-state index is 0.0111. The molecule has 118 valence electrons. The Morgan fingerprint density at radius 2 is 2.18 bits per heavy atom. The van der Waals surface area contributed by atoms with Crippen molar-refractivity contribution in [2.24, 2.45) is 0 Å². The first-order valence-corrected chi connectivity index (χ1v) is 7.49. The number of aliphatic hydroxyl groups is 1. The van der Waals surface area contributed by atoms with E-state index in [0.717, 1.165) is 18.6 Å². The van der Waals surface area contributed by atoms with E-state index in [1.165, 1.54) is 12.5 Å². The Bertz CT molecular complexity index is 571. The number of aliphatic hydroxyl groups excluding tert-OH is 1. The second kappa shape index (κ2) is 6.81. The minimum Gasteiger partial charge on any atom is -0.472 e. The van der Waals surface area contributed by atoms with Crippen molar-refractivity contribution in [2.75, 3.05) is 19.7 Å². The zero-order valence-corrected chi connectivity index (χ0v) is 12.3. The summed E-state index contributed by atoms with van der Waals surface area (Å²) in [6.07, 6.45) is 6.29. The van der Waals surface area contributed by atoms with Gasteiger partial charge in [0, 0.05) is 19.1 Å². The fourth-order valence-electron chi connectivity index (χ4n) is 2.82. The zero-order chi connectivity index (χ0) is 15.4. The topological polar surface area (TPSA) is 78.9 Å². The summed E-state index contributed by atoms with van der Waals surface area (Å²) >= 11 is 0. The van der Waals surface area contributed by atoms with Crippen molar-refractivity contribution in [3.8, 4) is 0 Å². The van der Waals surface area contributed by atoms with E-state index in [4.69, 9.17) is 8.83 Å². The molecule has 1 amide bonds. The number of furan rings is 2. The Balaban J connectivity index is 1.52. The molecule has 2 aromatic rings. The molecule has 2 N–H and O–H groups in total. The fraction of sp³-hybridized carbons (Fsp3) is 0.438. The van der Waals surface area contributed by atoms with Crippen LogP contribution in [0.1, 0.15) is 35.0 Å². The quantitative estimate of drug-likeness (QED) is 0.880. The van der Waals surface area contributed by atoms with Gasteiger partial charge < -0.3 is 24.2 Å². The predicted octanol–water partition coefficient (Wildman–Crippen LogP) is 1.80. The highest BCUT2D eigenvalue weighted by molar-refractivity contribution is 5.93. The molecule has 3 heterocycles. The highest BCUT2D eigenvalue weighted by Crippen LogP contribution is 2.19. The maximum absolute atomic E-state index is 12.2. The van der Waals surface area contributed by atoms with Gasteiger partial charge >= 0.3 is 0 Å². The highest BCUT2D eigenvalue weighted by atomic mass is 16.3. The Labute approximate surface area is 128 Å². The molecule has 0 spiro atoms. The zero-order valence-electron chi connectivity index (χ0n) is 12.3. The molecule has 1 aliphatic heterocycles. The molecule has 6 heteroatoms. The number of nitrogens with zero attached hydrogens (tertiary/aromatic N) is 1. The predicted molar refractivity (Wildman–Crippen MR) is 79.3 cm³/mol. The summed E-state index contributed by atoms with van der Waals surface area (Å²) in [7, 11) is 0. The Morgan fingerprint density at radius 1 is 1.36 bits per heavy atom. The van der Waals surface area contributed by atoms with Gasteiger partial charge in [-0.2, -0.15) is 0 Å². The van der Waals surface area contributed by atoms with E-state index in [1.54, 1.807) is 12.3 Å². The summed E-state index contributed by atoms with van der Waals surface area (Å²) in [6, 6.07) is 5.41. The van der Waals surface area contributed by atoms with Gasteiger partial charge in [0.2, 0.25) is 0 Å². The van der Waals surface area contributed by atoms with E-state index >= 15 is 0 Å². The van der Waals surface area contributed by atoms with Crippen LogP contribution in [0.3, 0.4) is 0 Å². The fourth-order valence-corrected chi connectivity index (χ4v) is 2.82. The van der Waals surface area contributed by atoms with Crippen molar-refractivity contribution < 1.29 is 18.7 Å². The lowest BCUT2D eigenvalue weighted by Gasteiger charge is -2.33. The summed E-state index contributed by atoms with van der Waals surface area (Å²) in [5.74, 6) is 0.747. The maximum atomic E-state index is 12.2. The molecular weight excluding hydrogens is 284 g/mol. The third-order valence-corrected chi connectivity index (χ3v) is 4.06. The molecular formula is C16H20N2O4. The summed E-state index contributed by atoms with van der Waals surface area (Å²) in [6.45, 7) is 1.37. The van der Waals surface area contributed by atoms with Crippen LogP contribution in [0.5, 0.6) is 0 Å². The average molecular weight is 304 g/mol. The van der Waals surface area contributed by atoms with Gasteiger partial charge in [-0.15, -0.1) is 0 Å². The van der Waals surface area contributed by atoms with E-state index in [0.29, 0.717) is 18.7 Å². The molecule has 2 aromatic heterocycles. The van der Waals surface area contributed by atoms with Gasteiger partial charge in [0.05, 0.1) is 30.7 Å². The van der Waals surface area contributed by atoms with E-state index in [9.17, 15) is 9.90 Å². The highest BCUT2D eigenvalue weighted by Gasteiger charge is 2.26. The third-order valence-electron chi connectivity index (χ3n) is 4.06. The molecule has 22 heavy (non-hydrogen) atoms. The first-order chi connectivity index (χ1) is 10.8. The van der Waals surface area contributed by atoms with Crippen molar-refractivity contribution in [1.29, 1.82) is 0 Å². The van der Waals surface area contributed by atoms with Gasteiger partial charge in [0.15, 0.2) is 0 Å². The van der Waals surface area contributed by atoms with Crippen molar-refractivity contribution in [1.82, 2.24) is 10.2 Å². The molecule has 0 aromatic carbocycles. The molecule has 1 saturated heterocycles. The number of likely N-dealkylation sites (tertiary alicyclic amines) is 1. The minimum atomic E-state index is -0.198. The standard InChI is InChI=1S/C16H20N2O4/c19-10-14(15-2-1-8-22-15)17-13-3-6-18(7-4-13)16(20)12-5-9-21-11-12/h1-2,5,8-9,11,13-14,17,19H,3-4,6-7,10H2. The summed E-state index contributed by atoms with van der Waals surface area (Å²) in [5, 5.41) is 12.9. The lowest BCUT2D eigenvalue weighted by molar-refractivity contribution is 0.0694. The molecule has 0 aliphatic carbocycles. The third kappa shape index (κ3) is 3.23. The van der Waals surface area contributed by atoms with E-state index < -0.39 is 0 Å². The van der Waals surface area contributed by atoms with Crippen LogP contribution in [0.2, 0.25) is 0 Å². The first kappa shape index (κ1) is 14.9. The Kier molecular flexibility index (Phi) is 4.60. The van der Waals surface area contributed by atoms with Gasteiger partial charge in [-0.25, -0.2) is 0 Å². The number of hydrogen-bond acceptors (Lipinski definition) is 5. The number of rotatable bonds is 5. The molecule has 1 unspecified atom stereocenters. The van der Waals surface area contributed by atoms with Crippen LogP contribution in [0.4, 0.5) is 0 Å². The Hall–Kier alpha value is -2.05. The molecule has 6 nitrogen and oxygen atoms in total. The number of hydrogen-bond donors (Lipinski definition) is 2. The normalized spacial score (nSPS) is 17.6. The van der Waals surface area contributed by atoms with E-state index in [1.807, 2.05) is 17.0 Å². The van der Waals surface area contributed by atoms with Crippen LogP contribution in [-0.4, -0.2) is 41.7 Å². The number of carbonyl (C=O) groups is 1. The lowest BCUT2D eigenvalue weighted by Crippen LogP contribution is -2.46. The van der Waals surface area contributed by atoms with Crippen molar-refractivity contribution in [3.63, 3.8) is 0 Å². The first-order valence-electron chi connectivity index (χ1n) is 7.49. The molecule has 1 fully saturated rings. The van der Waals surface area contributed by atoms with E-state index in [-0.39, 0.29) is 24.6 Å². The molecule has 1 atom stereocenters. The van der Waals surface area contributed by atoms with Crippen molar-refractivity contribution in [2.45, 2.75) is 24.9 Å². The van der Waals surface area contributed by atoms with Crippen LogP contribution in [0, 0.1) is 0 Å². The molecule has 0 radical (unpaired) electrons. The van der Waals surface area contributed by atoms with Crippen LogP contribution >= 0.6 is 0 Å². The summed E-state index contributed by atoms with van der Waals surface area (Å²) in [5.41, 5.74) is 0.593. The van der Waals surface area contributed by atoms with Crippen LogP contribution in [0.25, 0.3) is 0 Å². The second-order valence-corrected chi connectivity index (χ2v) is 5.50. The molecule has 0 saturated carbocycles.